The van der Waals surface area contributed by atoms with Crippen molar-refractivity contribution < 1.29 is 28.6 Å². The van der Waals surface area contributed by atoms with E-state index in [-0.39, 0.29) is 12.2 Å². The van der Waals surface area contributed by atoms with Crippen LogP contribution in [0, 0.1) is 0 Å². The van der Waals surface area contributed by atoms with E-state index >= 15 is 0 Å². The molecular formula is C20H27NO6. The zero-order chi connectivity index (χ0) is 20.6. The van der Waals surface area contributed by atoms with Crippen LogP contribution in [0.15, 0.2) is 18.2 Å². The maximum Gasteiger partial charge on any atom is 0.420 e. The summed E-state index contributed by atoms with van der Waals surface area (Å²) in [6, 6.07) is 4.02. The van der Waals surface area contributed by atoms with E-state index in [2.05, 4.69) is 0 Å². The highest BCUT2D eigenvalue weighted by molar-refractivity contribution is 6.08. The summed E-state index contributed by atoms with van der Waals surface area (Å²) >= 11 is 0. The molecule has 7 heteroatoms. The van der Waals surface area contributed by atoms with E-state index in [4.69, 9.17) is 14.2 Å². The number of nitrogens with zero attached hydrogens (tertiary/aromatic N) is 1. The molecule has 0 spiro atoms. The van der Waals surface area contributed by atoms with Crippen molar-refractivity contribution in [3.63, 3.8) is 0 Å². The average molecular weight is 377 g/mol. The van der Waals surface area contributed by atoms with Crippen LogP contribution < -0.4 is 4.74 Å². The molecule has 27 heavy (non-hydrogen) atoms. The SMILES string of the molecule is COc1ccc2c(c1)CC(N(C(=O)OC(C)(C)C)C(=O)OC(C)(C)C)C2=O. The number of ether oxygens (including phenoxy) is 3. The largest absolute Gasteiger partial charge is 0.497 e. The lowest BCUT2D eigenvalue weighted by Gasteiger charge is -2.31. The Morgan fingerprint density at radius 3 is 1.96 bits per heavy atom. The van der Waals surface area contributed by atoms with Crippen LogP contribution in [-0.2, 0) is 15.9 Å². The summed E-state index contributed by atoms with van der Waals surface area (Å²) in [4.78, 5) is 39.1. The van der Waals surface area contributed by atoms with Gasteiger partial charge >= 0.3 is 12.2 Å². The van der Waals surface area contributed by atoms with Gasteiger partial charge in [0, 0.05) is 12.0 Å². The number of methoxy groups -OCH3 is 1. The number of carbonyl (C=O) groups excluding carboxylic acids is 3. The van der Waals surface area contributed by atoms with Gasteiger partial charge < -0.3 is 14.2 Å². The second kappa shape index (κ2) is 7.21. The van der Waals surface area contributed by atoms with E-state index in [1.807, 2.05) is 0 Å². The number of hydrogen-bond acceptors (Lipinski definition) is 6. The van der Waals surface area contributed by atoms with Crippen molar-refractivity contribution in [2.45, 2.75) is 65.2 Å². The molecule has 2 rings (SSSR count). The number of Topliss-reactive ketones (excluding diaryl/α,β-unsaturated/α-hetero) is 1. The lowest BCUT2D eigenvalue weighted by atomic mass is 10.1. The molecule has 0 N–H and O–H groups in total. The summed E-state index contributed by atoms with van der Waals surface area (Å²) in [5, 5.41) is 0. The Morgan fingerprint density at radius 2 is 1.52 bits per heavy atom. The number of fused-ring (bicyclic) bond motifs is 1. The molecule has 0 radical (unpaired) electrons. The smallest absolute Gasteiger partial charge is 0.420 e. The highest BCUT2D eigenvalue weighted by Crippen LogP contribution is 2.30. The molecule has 1 aliphatic rings. The molecule has 2 amide bonds. The molecule has 0 aromatic heterocycles. The second-order valence-corrected chi connectivity index (χ2v) is 8.44. The first kappa shape index (κ1) is 20.7. The molecule has 1 atom stereocenters. The highest BCUT2D eigenvalue weighted by Gasteiger charge is 2.44. The number of rotatable bonds is 2. The van der Waals surface area contributed by atoms with Gasteiger partial charge in [0.05, 0.1) is 7.11 Å². The van der Waals surface area contributed by atoms with Gasteiger partial charge in [-0.05, 0) is 65.3 Å². The lowest BCUT2D eigenvalue weighted by Crippen LogP contribution is -2.51. The third-order valence-electron chi connectivity index (χ3n) is 3.79. The van der Waals surface area contributed by atoms with Crippen LogP contribution in [0.1, 0.15) is 57.5 Å². The minimum Gasteiger partial charge on any atom is -0.497 e. The molecule has 0 aliphatic heterocycles. The van der Waals surface area contributed by atoms with E-state index in [1.54, 1.807) is 59.7 Å². The van der Waals surface area contributed by atoms with Crippen LogP contribution in [0.3, 0.4) is 0 Å². The third kappa shape index (κ3) is 4.99. The second-order valence-electron chi connectivity index (χ2n) is 8.44. The van der Waals surface area contributed by atoms with Gasteiger partial charge in [0.15, 0.2) is 5.78 Å². The number of imide groups is 1. The minimum atomic E-state index is -1.02. The van der Waals surface area contributed by atoms with Crippen LogP contribution in [0.2, 0.25) is 0 Å². The van der Waals surface area contributed by atoms with Gasteiger partial charge in [-0.3, -0.25) is 4.79 Å². The van der Waals surface area contributed by atoms with Gasteiger partial charge in [0.1, 0.15) is 23.0 Å². The number of benzene rings is 1. The quantitative estimate of drug-likeness (QED) is 0.775. The first-order valence-electron chi connectivity index (χ1n) is 8.79. The van der Waals surface area contributed by atoms with Crippen LogP contribution in [0.25, 0.3) is 0 Å². The molecule has 1 aliphatic carbocycles. The van der Waals surface area contributed by atoms with Crippen molar-refractivity contribution in [1.82, 2.24) is 4.90 Å². The first-order chi connectivity index (χ1) is 12.3. The van der Waals surface area contributed by atoms with Crippen LogP contribution in [0.5, 0.6) is 5.75 Å². The standard InChI is InChI=1S/C20H27NO6/c1-19(2,3)26-17(23)21(18(24)27-20(4,5)6)15-11-12-10-13(25-7)8-9-14(12)16(15)22/h8-10,15H,11H2,1-7H3. The monoisotopic (exact) mass is 377 g/mol. The Bertz CT molecular complexity index is 729. The maximum atomic E-state index is 12.9. The van der Waals surface area contributed by atoms with E-state index in [0.717, 1.165) is 4.90 Å². The third-order valence-corrected chi connectivity index (χ3v) is 3.79. The summed E-state index contributed by atoms with van der Waals surface area (Å²) < 4.78 is 15.9. The van der Waals surface area contributed by atoms with Crippen molar-refractivity contribution in [2.24, 2.45) is 0 Å². The molecule has 0 saturated heterocycles. The predicted octanol–water partition coefficient (Wildman–Crippen LogP) is 3.97. The zero-order valence-corrected chi connectivity index (χ0v) is 16.9. The minimum absolute atomic E-state index is 0.184. The first-order valence-corrected chi connectivity index (χ1v) is 8.79. The Hall–Kier alpha value is -2.57. The number of ketones is 1. The highest BCUT2D eigenvalue weighted by atomic mass is 16.6. The van der Waals surface area contributed by atoms with Crippen LogP contribution in [0.4, 0.5) is 9.59 Å². The number of hydrogen-bond donors (Lipinski definition) is 0. The molecule has 0 fully saturated rings. The maximum absolute atomic E-state index is 12.9. The van der Waals surface area contributed by atoms with Gasteiger partial charge in [0.2, 0.25) is 0 Å². The van der Waals surface area contributed by atoms with E-state index in [1.165, 1.54) is 7.11 Å². The van der Waals surface area contributed by atoms with Crippen molar-refractivity contribution in [2.75, 3.05) is 7.11 Å². The molecule has 0 heterocycles. The fourth-order valence-electron chi connectivity index (χ4n) is 2.75. The fourth-order valence-corrected chi connectivity index (χ4v) is 2.75. The van der Waals surface area contributed by atoms with Crippen molar-refractivity contribution in [1.29, 1.82) is 0 Å². The Labute approximate surface area is 159 Å². The fraction of sp³-hybridized carbons (Fsp3) is 0.550. The van der Waals surface area contributed by atoms with E-state index < -0.39 is 29.4 Å². The van der Waals surface area contributed by atoms with Crippen LogP contribution >= 0.6 is 0 Å². The predicted molar refractivity (Wildman–Crippen MR) is 99.1 cm³/mol. The Kier molecular flexibility index (Phi) is 5.54. The van der Waals surface area contributed by atoms with Crippen molar-refractivity contribution in [3.8, 4) is 5.75 Å². The summed E-state index contributed by atoms with van der Waals surface area (Å²) in [7, 11) is 1.53. The zero-order valence-electron chi connectivity index (χ0n) is 16.9. The van der Waals surface area contributed by atoms with E-state index in [0.29, 0.717) is 16.9 Å². The van der Waals surface area contributed by atoms with Crippen LogP contribution in [-0.4, -0.2) is 47.2 Å². The van der Waals surface area contributed by atoms with E-state index in [9.17, 15) is 14.4 Å². The number of carbonyl (C=O) groups is 3. The van der Waals surface area contributed by atoms with Gasteiger partial charge in [0.25, 0.3) is 0 Å². The molecule has 1 aromatic rings. The Morgan fingerprint density at radius 1 is 1.00 bits per heavy atom. The molecule has 0 bridgehead atoms. The Balaban J connectivity index is 2.37. The summed E-state index contributed by atoms with van der Waals surface area (Å²) in [6.45, 7) is 10.1. The normalized spacial score (nSPS) is 16.6. The molecule has 0 saturated carbocycles. The summed E-state index contributed by atoms with van der Waals surface area (Å²) in [5.74, 6) is 0.271. The molecule has 1 aromatic carbocycles. The summed E-state index contributed by atoms with van der Waals surface area (Å²) in [6.07, 6.45) is -1.63. The molecule has 1 unspecified atom stereocenters. The number of amides is 2. The van der Waals surface area contributed by atoms with Gasteiger partial charge in [-0.25, -0.2) is 14.5 Å². The molecule has 148 valence electrons. The van der Waals surface area contributed by atoms with Gasteiger partial charge in [-0.15, -0.1) is 0 Å². The molecule has 7 nitrogen and oxygen atoms in total. The van der Waals surface area contributed by atoms with Crippen molar-refractivity contribution >= 4 is 18.0 Å². The van der Waals surface area contributed by atoms with Gasteiger partial charge in [-0.2, -0.15) is 0 Å². The average Bonchev–Trinajstić information content (AvgIpc) is 2.80. The summed E-state index contributed by atoms with van der Waals surface area (Å²) in [5.41, 5.74) is -0.483. The van der Waals surface area contributed by atoms with Gasteiger partial charge in [-0.1, -0.05) is 0 Å². The lowest BCUT2D eigenvalue weighted by molar-refractivity contribution is -0.00569. The molecular weight excluding hydrogens is 350 g/mol. The topological polar surface area (TPSA) is 82.1 Å². The van der Waals surface area contributed by atoms with Crippen molar-refractivity contribution in [3.05, 3.63) is 29.3 Å².